The molecule has 1 fully saturated rings. The molecule has 9 nitrogen and oxygen atoms in total. The molecule has 0 aromatic carbocycles. The van der Waals surface area contributed by atoms with Crippen LogP contribution in [0.1, 0.15) is 13.2 Å². The van der Waals surface area contributed by atoms with Crippen molar-refractivity contribution in [2.75, 3.05) is 12.3 Å². The quantitative estimate of drug-likeness (QED) is 0.427. The van der Waals surface area contributed by atoms with E-state index in [1.807, 2.05) is 0 Å². The van der Waals surface area contributed by atoms with E-state index in [1.165, 1.54) is 6.92 Å². The molecule has 5 N–H and O–H groups in total. The van der Waals surface area contributed by atoms with Gasteiger partial charge in [0.1, 0.15) is 18.5 Å². The van der Waals surface area contributed by atoms with Crippen LogP contribution in [0.2, 0.25) is 0 Å². The summed E-state index contributed by atoms with van der Waals surface area (Å²) in [4.78, 5) is 18.8. The van der Waals surface area contributed by atoms with Crippen LogP contribution in [0.15, 0.2) is 11.1 Å². The van der Waals surface area contributed by atoms with Crippen LogP contribution in [0.25, 0.3) is 0 Å². The fraction of sp³-hybridized carbons (Fsp3) is 0.545. The summed E-state index contributed by atoms with van der Waals surface area (Å²) in [6, 6.07) is 0. The lowest BCUT2D eigenvalue weighted by Crippen LogP contribution is -2.47. The van der Waals surface area contributed by atoms with Gasteiger partial charge < -0.3 is 25.8 Å². The van der Waals surface area contributed by atoms with Crippen molar-refractivity contribution in [3.8, 4) is 11.8 Å². The van der Waals surface area contributed by atoms with Crippen molar-refractivity contribution in [1.29, 1.82) is 0 Å². The molecule has 0 amide bonds. The molecule has 1 saturated heterocycles. The number of hydrogen-bond acceptors (Lipinski definition) is 8. The highest BCUT2D eigenvalue weighted by Gasteiger charge is 2.55. The van der Waals surface area contributed by atoms with Crippen LogP contribution in [-0.2, 0) is 4.74 Å². The number of aliphatic hydroxyl groups excluding tert-OH is 2. The van der Waals surface area contributed by atoms with Gasteiger partial charge in [0.25, 0.3) is 0 Å². The van der Waals surface area contributed by atoms with E-state index < -0.39 is 36.3 Å². The molecule has 0 spiro atoms. The number of ether oxygens (including phenoxy) is 1. The molecule has 20 heavy (non-hydrogen) atoms. The average molecular weight is 282 g/mol. The minimum absolute atomic E-state index is 0.228. The molecule has 1 aliphatic heterocycles. The van der Waals surface area contributed by atoms with Crippen LogP contribution in [0.3, 0.4) is 0 Å². The molecule has 0 aliphatic carbocycles. The molecule has 2 rings (SSSR count). The van der Waals surface area contributed by atoms with Gasteiger partial charge in [-0.05, 0) is 6.92 Å². The van der Waals surface area contributed by atoms with E-state index in [0.717, 1.165) is 10.9 Å². The minimum atomic E-state index is -2.06. The summed E-state index contributed by atoms with van der Waals surface area (Å²) in [6.45, 7) is 0.909. The summed E-state index contributed by atoms with van der Waals surface area (Å²) in [5, 5.41) is 29.6. The van der Waals surface area contributed by atoms with Gasteiger partial charge >= 0.3 is 5.69 Å². The van der Waals surface area contributed by atoms with E-state index in [9.17, 15) is 15.0 Å². The molecule has 0 bridgehead atoms. The first-order chi connectivity index (χ1) is 9.43. The molecule has 1 aromatic heterocycles. The Kier molecular flexibility index (Phi) is 3.74. The van der Waals surface area contributed by atoms with Gasteiger partial charge in [0.15, 0.2) is 11.8 Å². The Morgan fingerprint density at radius 2 is 2.35 bits per heavy atom. The van der Waals surface area contributed by atoms with Crippen molar-refractivity contribution >= 4 is 5.95 Å². The van der Waals surface area contributed by atoms with Gasteiger partial charge in [0.2, 0.25) is 5.95 Å². The van der Waals surface area contributed by atoms with Crippen molar-refractivity contribution < 1.29 is 20.1 Å². The molecule has 9 heteroatoms. The van der Waals surface area contributed by atoms with Gasteiger partial charge in [-0.3, -0.25) is 4.57 Å². The van der Waals surface area contributed by atoms with Crippen LogP contribution in [0, 0.1) is 11.8 Å². The van der Waals surface area contributed by atoms with Gasteiger partial charge in [-0.2, -0.15) is 4.98 Å². The molecule has 2 heterocycles. The normalized spacial score (nSPS) is 32.7. The fourth-order valence-electron chi connectivity index (χ4n) is 2.05. The highest BCUT2D eigenvalue weighted by atomic mass is 16.6. The Bertz CT molecular complexity index is 621. The van der Waals surface area contributed by atoms with Crippen molar-refractivity contribution in [3.05, 3.63) is 16.8 Å². The predicted molar refractivity (Wildman–Crippen MR) is 66.1 cm³/mol. The third-order valence-corrected chi connectivity index (χ3v) is 2.99. The molecule has 1 unspecified atom stereocenters. The number of aromatic nitrogens is 3. The van der Waals surface area contributed by atoms with Gasteiger partial charge in [-0.15, -0.1) is 5.92 Å². The minimum Gasteiger partial charge on any atom is -0.394 e. The van der Waals surface area contributed by atoms with E-state index in [1.54, 1.807) is 0 Å². The number of anilines is 1. The SMILES string of the molecule is CC#CC1(O)[C@@H](O)[C@@H](CO)O[C@H]1n1cnc(N)nc1=O. The highest BCUT2D eigenvalue weighted by molar-refractivity contribution is 5.22. The van der Waals surface area contributed by atoms with Crippen LogP contribution in [0.5, 0.6) is 0 Å². The Balaban J connectivity index is 2.52. The maximum atomic E-state index is 11.8. The highest BCUT2D eigenvalue weighted by Crippen LogP contribution is 2.37. The number of nitrogens with two attached hydrogens (primary N) is 1. The lowest BCUT2D eigenvalue weighted by Gasteiger charge is -2.26. The summed E-state index contributed by atoms with van der Waals surface area (Å²) in [7, 11) is 0. The zero-order valence-electron chi connectivity index (χ0n) is 10.6. The largest absolute Gasteiger partial charge is 0.394 e. The number of hydrogen-bond donors (Lipinski definition) is 4. The first-order valence-corrected chi connectivity index (χ1v) is 5.75. The van der Waals surface area contributed by atoms with Crippen molar-refractivity contribution in [2.45, 2.75) is 31.0 Å². The van der Waals surface area contributed by atoms with Gasteiger partial charge in [0.05, 0.1) is 6.61 Å². The van der Waals surface area contributed by atoms with E-state index >= 15 is 0 Å². The maximum Gasteiger partial charge on any atom is 0.354 e. The Labute approximate surface area is 113 Å². The Morgan fingerprint density at radius 1 is 1.65 bits per heavy atom. The van der Waals surface area contributed by atoms with Crippen LogP contribution >= 0.6 is 0 Å². The number of nitrogens with zero attached hydrogens (tertiary/aromatic N) is 3. The lowest BCUT2D eigenvalue weighted by atomic mass is 9.94. The second-order valence-electron chi connectivity index (χ2n) is 4.26. The molecule has 1 aromatic rings. The molecular weight excluding hydrogens is 268 g/mol. The van der Waals surface area contributed by atoms with E-state index in [2.05, 4.69) is 21.8 Å². The Morgan fingerprint density at radius 3 is 2.90 bits per heavy atom. The zero-order chi connectivity index (χ0) is 14.9. The third-order valence-electron chi connectivity index (χ3n) is 2.99. The molecular formula is C11H14N4O5. The van der Waals surface area contributed by atoms with Gasteiger partial charge in [-0.25, -0.2) is 9.78 Å². The maximum absolute atomic E-state index is 11.8. The summed E-state index contributed by atoms with van der Waals surface area (Å²) < 4.78 is 6.15. The summed E-state index contributed by atoms with van der Waals surface area (Å²) in [6.07, 6.45) is -2.90. The van der Waals surface area contributed by atoms with Crippen LogP contribution in [-0.4, -0.2) is 54.3 Å². The molecule has 108 valence electrons. The number of rotatable bonds is 2. The fourth-order valence-corrected chi connectivity index (χ4v) is 2.05. The monoisotopic (exact) mass is 282 g/mol. The van der Waals surface area contributed by atoms with E-state index in [0.29, 0.717) is 0 Å². The van der Waals surface area contributed by atoms with Crippen molar-refractivity contribution in [2.24, 2.45) is 0 Å². The van der Waals surface area contributed by atoms with Crippen molar-refractivity contribution in [3.63, 3.8) is 0 Å². The number of aliphatic hydroxyl groups is 3. The first-order valence-electron chi connectivity index (χ1n) is 5.75. The topological polar surface area (TPSA) is 144 Å². The summed E-state index contributed by atoms with van der Waals surface area (Å²) in [5.74, 6) is 4.62. The standard InChI is InChI=1S/C11H14N4O5/c1-2-3-11(19)7(17)6(4-16)20-8(11)15-5-13-9(12)14-10(15)18/h5-8,16-17,19H,4H2,1H3,(H2,12,14,18)/t6-,7+,8-,11?/m1/s1. The average Bonchev–Trinajstić information content (AvgIpc) is 2.63. The van der Waals surface area contributed by atoms with Gasteiger partial charge in [-0.1, -0.05) is 5.92 Å². The molecule has 0 saturated carbocycles. The second-order valence-corrected chi connectivity index (χ2v) is 4.26. The summed E-state index contributed by atoms with van der Waals surface area (Å²) in [5.41, 5.74) is 2.40. The molecule has 1 aliphatic rings. The molecule has 0 radical (unpaired) electrons. The Hall–Kier alpha value is -1.99. The van der Waals surface area contributed by atoms with E-state index in [4.69, 9.17) is 15.6 Å². The molecule has 4 atom stereocenters. The predicted octanol–water partition coefficient (Wildman–Crippen LogP) is -2.77. The number of nitrogen functional groups attached to an aromatic ring is 1. The first kappa shape index (κ1) is 14.4. The smallest absolute Gasteiger partial charge is 0.354 e. The van der Waals surface area contributed by atoms with Gasteiger partial charge in [0, 0.05) is 0 Å². The zero-order valence-corrected chi connectivity index (χ0v) is 10.6. The van der Waals surface area contributed by atoms with Crippen molar-refractivity contribution in [1.82, 2.24) is 14.5 Å². The second kappa shape index (κ2) is 5.18. The lowest BCUT2D eigenvalue weighted by molar-refractivity contribution is -0.0769. The van der Waals surface area contributed by atoms with E-state index in [-0.39, 0.29) is 5.95 Å². The van der Waals surface area contributed by atoms with Crippen LogP contribution in [0.4, 0.5) is 5.95 Å². The summed E-state index contributed by atoms with van der Waals surface area (Å²) >= 11 is 0. The third kappa shape index (κ3) is 2.14. The van der Waals surface area contributed by atoms with Crippen LogP contribution < -0.4 is 11.4 Å².